The van der Waals surface area contributed by atoms with Crippen LogP contribution in [-0.4, -0.2) is 50.7 Å². The summed E-state index contributed by atoms with van der Waals surface area (Å²) in [5.74, 6) is -0.0488. The zero-order chi connectivity index (χ0) is 26.8. The molecule has 0 saturated carbocycles. The van der Waals surface area contributed by atoms with E-state index in [1.54, 1.807) is 44.2 Å². The van der Waals surface area contributed by atoms with Gasteiger partial charge in [-0.3, -0.25) is 0 Å². The van der Waals surface area contributed by atoms with E-state index in [4.69, 9.17) is 4.74 Å². The Morgan fingerprint density at radius 3 is 2.38 bits per heavy atom. The van der Waals surface area contributed by atoms with Crippen LogP contribution in [0.25, 0.3) is 11.3 Å². The molecule has 2 atom stereocenters. The van der Waals surface area contributed by atoms with Gasteiger partial charge in [-0.05, 0) is 55.5 Å². The fourth-order valence-electron chi connectivity index (χ4n) is 4.78. The van der Waals surface area contributed by atoms with Crippen molar-refractivity contribution in [2.24, 2.45) is 4.40 Å². The number of aliphatic hydroxyl groups is 1. The molecule has 0 fully saturated rings. The number of anilines is 1. The fraction of sp³-hybridized carbons (Fsp3) is 0.357. The number of aromatic nitrogens is 1. The summed E-state index contributed by atoms with van der Waals surface area (Å²) < 4.78 is 51.4. The summed E-state index contributed by atoms with van der Waals surface area (Å²) in [4.78, 5) is 6.56. The van der Waals surface area contributed by atoms with E-state index in [1.807, 2.05) is 49.3 Å². The van der Waals surface area contributed by atoms with Crippen LogP contribution in [0, 0.1) is 5.82 Å². The molecule has 2 aromatic carbocycles. The summed E-state index contributed by atoms with van der Waals surface area (Å²) >= 11 is 0. The molecule has 1 N–H and O–H groups in total. The van der Waals surface area contributed by atoms with Crippen molar-refractivity contribution in [1.82, 2.24) is 4.98 Å². The number of nitrogens with zero attached hydrogens (tertiary/aromatic N) is 3. The third-order valence-electron chi connectivity index (χ3n) is 6.48. The quantitative estimate of drug-likeness (QED) is 0.441. The molecule has 1 aromatic heterocycles. The van der Waals surface area contributed by atoms with Gasteiger partial charge in [0, 0.05) is 32.7 Å². The molecule has 0 spiro atoms. The van der Waals surface area contributed by atoms with Crippen LogP contribution in [0.15, 0.2) is 71.1 Å². The Labute approximate surface area is 217 Å². The van der Waals surface area contributed by atoms with E-state index >= 15 is 0 Å². The van der Waals surface area contributed by atoms with E-state index in [0.29, 0.717) is 11.1 Å². The van der Waals surface area contributed by atoms with Crippen LogP contribution >= 0.6 is 0 Å². The Kier molecular flexibility index (Phi) is 7.66. The van der Waals surface area contributed by atoms with Crippen LogP contribution in [0.2, 0.25) is 0 Å². The number of sulfonamides is 1. The highest BCUT2D eigenvalue weighted by Gasteiger charge is 2.47. The Morgan fingerprint density at radius 1 is 1.05 bits per heavy atom. The minimum atomic E-state index is -4.00. The van der Waals surface area contributed by atoms with Gasteiger partial charge in [-0.1, -0.05) is 48.5 Å². The number of pyridine rings is 1. The van der Waals surface area contributed by atoms with Gasteiger partial charge >= 0.3 is 0 Å². The van der Waals surface area contributed by atoms with E-state index in [1.165, 1.54) is 6.07 Å². The van der Waals surface area contributed by atoms with Gasteiger partial charge in [0.25, 0.3) is 10.0 Å². The maximum atomic E-state index is 14.4. The maximum Gasteiger partial charge on any atom is 0.267 e. The van der Waals surface area contributed by atoms with Crippen molar-refractivity contribution in [1.29, 1.82) is 0 Å². The predicted octanol–water partition coefficient (Wildman–Crippen LogP) is 5.09. The Morgan fingerprint density at radius 2 is 1.76 bits per heavy atom. The Bertz CT molecular complexity index is 1390. The molecular weight excluding hydrogens is 493 g/mol. The molecule has 1 aliphatic heterocycles. The molecule has 0 radical (unpaired) electrons. The molecule has 196 valence electrons. The highest BCUT2D eigenvalue weighted by atomic mass is 32.2. The third kappa shape index (κ3) is 5.83. The first-order valence-electron chi connectivity index (χ1n) is 12.1. The van der Waals surface area contributed by atoms with Crippen molar-refractivity contribution < 1.29 is 22.7 Å². The third-order valence-corrected chi connectivity index (χ3v) is 8.38. The molecule has 2 heterocycles. The smallest absolute Gasteiger partial charge is 0.267 e. The molecule has 3 aromatic rings. The molecule has 7 nitrogen and oxygen atoms in total. The number of benzene rings is 2. The highest BCUT2D eigenvalue weighted by Crippen LogP contribution is 2.42. The number of hydrogen-bond acceptors (Lipinski definition) is 6. The minimum Gasteiger partial charge on any atom is -0.472 e. The number of hydrogen-bond donors (Lipinski definition) is 1. The van der Waals surface area contributed by atoms with Gasteiger partial charge in [-0.25, -0.2) is 17.8 Å². The van der Waals surface area contributed by atoms with E-state index in [9.17, 15) is 17.9 Å². The van der Waals surface area contributed by atoms with Crippen LogP contribution in [0.5, 0.6) is 0 Å². The normalized spacial score (nSPS) is 19.0. The second kappa shape index (κ2) is 10.6. The van der Waals surface area contributed by atoms with Crippen molar-refractivity contribution in [3.63, 3.8) is 0 Å². The van der Waals surface area contributed by atoms with Crippen LogP contribution in [-0.2, 0) is 14.8 Å². The standard InChI is InChI=1S/C28H32FN3O4S/c1-28(2)27(20-14-12-19(13-15-20)24-10-7-11-25(30-24)32(3)4)37(34,35)31-26(36-28)18-21(16-17-33)22-8-5-6-9-23(22)29/h5-15,21,27,33H,16-18H2,1-4H3/t21-,27?/m1/s1. The molecule has 0 amide bonds. The lowest BCUT2D eigenvalue weighted by atomic mass is 9.91. The molecule has 37 heavy (non-hydrogen) atoms. The summed E-state index contributed by atoms with van der Waals surface area (Å²) in [6.07, 6.45) is 0.307. The van der Waals surface area contributed by atoms with Gasteiger partial charge in [0.1, 0.15) is 22.5 Å². The first-order valence-corrected chi connectivity index (χ1v) is 13.6. The summed E-state index contributed by atoms with van der Waals surface area (Å²) in [5, 5.41) is 8.51. The number of halogens is 1. The molecule has 0 bridgehead atoms. The van der Waals surface area contributed by atoms with E-state index < -0.39 is 32.6 Å². The van der Waals surface area contributed by atoms with Gasteiger partial charge in [0.15, 0.2) is 0 Å². The predicted molar refractivity (Wildman–Crippen MR) is 144 cm³/mol. The molecule has 0 aliphatic carbocycles. The molecule has 4 rings (SSSR count). The van der Waals surface area contributed by atoms with Crippen molar-refractivity contribution in [2.45, 2.75) is 43.5 Å². The van der Waals surface area contributed by atoms with Crippen molar-refractivity contribution in [2.75, 3.05) is 25.6 Å². The van der Waals surface area contributed by atoms with Crippen LogP contribution < -0.4 is 4.90 Å². The molecule has 9 heteroatoms. The van der Waals surface area contributed by atoms with Crippen LogP contribution in [0.4, 0.5) is 10.2 Å². The zero-order valence-corrected chi connectivity index (χ0v) is 22.2. The molecule has 1 unspecified atom stereocenters. The Hall–Kier alpha value is -3.30. The highest BCUT2D eigenvalue weighted by molar-refractivity contribution is 7.90. The first-order chi connectivity index (χ1) is 17.5. The summed E-state index contributed by atoms with van der Waals surface area (Å²) in [5.41, 5.74) is 1.46. The Balaban J connectivity index is 1.62. The lowest BCUT2D eigenvalue weighted by Gasteiger charge is -2.38. The van der Waals surface area contributed by atoms with Crippen molar-refractivity contribution >= 4 is 21.7 Å². The van der Waals surface area contributed by atoms with Gasteiger partial charge in [0.2, 0.25) is 5.90 Å². The van der Waals surface area contributed by atoms with E-state index in [-0.39, 0.29) is 25.3 Å². The monoisotopic (exact) mass is 525 g/mol. The minimum absolute atomic E-state index is 0.0178. The number of rotatable bonds is 8. The van der Waals surface area contributed by atoms with Gasteiger partial charge < -0.3 is 14.7 Å². The van der Waals surface area contributed by atoms with Gasteiger partial charge in [-0.15, -0.1) is 4.40 Å². The summed E-state index contributed by atoms with van der Waals surface area (Å²) in [6.45, 7) is 3.25. The number of ether oxygens (including phenoxy) is 1. The maximum absolute atomic E-state index is 14.4. The van der Waals surface area contributed by atoms with Crippen LogP contribution in [0.1, 0.15) is 49.0 Å². The van der Waals surface area contributed by atoms with Crippen molar-refractivity contribution in [3.8, 4) is 11.3 Å². The second-order valence-electron chi connectivity index (χ2n) is 9.92. The summed E-state index contributed by atoms with van der Waals surface area (Å²) in [6, 6.07) is 19.2. The average molecular weight is 526 g/mol. The zero-order valence-electron chi connectivity index (χ0n) is 21.4. The first kappa shape index (κ1) is 26.8. The second-order valence-corrected chi connectivity index (χ2v) is 11.6. The average Bonchev–Trinajstić information content (AvgIpc) is 2.83. The van der Waals surface area contributed by atoms with E-state index in [0.717, 1.165) is 17.1 Å². The van der Waals surface area contributed by atoms with Gasteiger partial charge in [0.05, 0.1) is 5.69 Å². The van der Waals surface area contributed by atoms with Crippen LogP contribution in [0.3, 0.4) is 0 Å². The molecule has 0 saturated heterocycles. The molecule has 1 aliphatic rings. The lowest BCUT2D eigenvalue weighted by molar-refractivity contribution is 0.0797. The molecular formula is C28H32FN3O4S. The van der Waals surface area contributed by atoms with Gasteiger partial charge in [-0.2, -0.15) is 0 Å². The largest absolute Gasteiger partial charge is 0.472 e. The van der Waals surface area contributed by atoms with E-state index in [2.05, 4.69) is 9.38 Å². The summed E-state index contributed by atoms with van der Waals surface area (Å²) in [7, 11) is -0.159. The SMILES string of the molecule is CN(C)c1cccc(-c2ccc(C3C(C)(C)OC(C[C@@H](CCO)c4ccccc4F)=NS3(=O)=O)cc2)n1. The fourth-order valence-corrected chi connectivity index (χ4v) is 6.55. The number of aliphatic hydroxyl groups excluding tert-OH is 1. The topological polar surface area (TPSA) is 92.1 Å². The van der Waals surface area contributed by atoms with Crippen molar-refractivity contribution in [3.05, 3.63) is 83.7 Å². The lowest BCUT2D eigenvalue weighted by Crippen LogP contribution is -2.43.